The number of benzene rings is 2. The zero-order chi connectivity index (χ0) is 18.2. The van der Waals surface area contributed by atoms with Crippen molar-refractivity contribution in [3.05, 3.63) is 42.0 Å². The summed E-state index contributed by atoms with van der Waals surface area (Å²) >= 11 is 0. The Hall–Kier alpha value is -2.38. The van der Waals surface area contributed by atoms with E-state index in [-0.39, 0.29) is 10.8 Å². The van der Waals surface area contributed by atoms with Crippen LogP contribution in [0.4, 0.5) is 5.69 Å². The molecule has 25 heavy (non-hydrogen) atoms. The Morgan fingerprint density at radius 1 is 1.20 bits per heavy atom. The van der Waals surface area contributed by atoms with Gasteiger partial charge in [0.25, 0.3) is 5.91 Å². The molecule has 1 heterocycles. The minimum absolute atomic E-state index is 0.187. The number of anilines is 1. The molecule has 2 aromatic carbocycles. The third-order valence-corrected chi connectivity index (χ3v) is 5.61. The van der Waals surface area contributed by atoms with Gasteiger partial charge in [0.2, 0.25) is 10.0 Å². The third-order valence-electron chi connectivity index (χ3n) is 4.06. The quantitative estimate of drug-likeness (QED) is 0.878. The number of carbonyl (C=O) groups is 1. The van der Waals surface area contributed by atoms with Gasteiger partial charge in [-0.1, -0.05) is 19.1 Å². The van der Waals surface area contributed by atoms with E-state index in [0.29, 0.717) is 18.0 Å². The molecule has 0 aromatic heterocycles. The molecular weight excluding hydrogens is 340 g/mol. The van der Waals surface area contributed by atoms with Gasteiger partial charge in [-0.15, -0.1) is 0 Å². The van der Waals surface area contributed by atoms with E-state index in [1.165, 1.54) is 0 Å². The fraction of sp³-hybridized carbons (Fsp3) is 0.278. The number of carbonyl (C=O) groups excluding carboxylic acids is 1. The molecule has 0 spiro atoms. The van der Waals surface area contributed by atoms with Crippen LogP contribution in [0.2, 0.25) is 0 Å². The summed E-state index contributed by atoms with van der Waals surface area (Å²) in [7, 11) is -3.49. The Balaban J connectivity index is 1.98. The summed E-state index contributed by atoms with van der Waals surface area (Å²) in [5, 5.41) is 2.82. The molecule has 0 bridgehead atoms. The van der Waals surface area contributed by atoms with Crippen molar-refractivity contribution in [3.8, 4) is 16.9 Å². The van der Waals surface area contributed by atoms with Gasteiger partial charge in [0.1, 0.15) is 5.75 Å². The second kappa shape index (κ2) is 6.50. The second-order valence-corrected chi connectivity index (χ2v) is 7.71. The number of fused-ring (bicyclic) bond motifs is 1. The predicted molar refractivity (Wildman–Crippen MR) is 96.2 cm³/mol. The third kappa shape index (κ3) is 3.38. The molecule has 0 fully saturated rings. The van der Waals surface area contributed by atoms with Gasteiger partial charge in [-0.05, 0) is 54.8 Å². The number of amides is 1. The highest BCUT2D eigenvalue weighted by Crippen LogP contribution is 2.35. The molecule has 132 valence electrons. The van der Waals surface area contributed by atoms with E-state index in [4.69, 9.17) is 4.74 Å². The van der Waals surface area contributed by atoms with E-state index in [2.05, 4.69) is 10.0 Å². The summed E-state index contributed by atoms with van der Waals surface area (Å²) in [4.78, 5) is 12.0. The Morgan fingerprint density at radius 2 is 1.96 bits per heavy atom. The van der Waals surface area contributed by atoms with Crippen LogP contribution in [0.25, 0.3) is 11.1 Å². The standard InChI is InChI=1S/C18H20N2O4S/c1-4-19-25(22,23)14-6-7-15(11(2)9-14)13-5-8-17-16(10-13)20-18(21)12(3)24-17/h5-10,12,19H,4H2,1-3H3,(H,20,21). The van der Waals surface area contributed by atoms with Crippen LogP contribution in [-0.2, 0) is 14.8 Å². The van der Waals surface area contributed by atoms with E-state index in [1.807, 2.05) is 25.1 Å². The van der Waals surface area contributed by atoms with Crippen LogP contribution in [0.3, 0.4) is 0 Å². The Morgan fingerprint density at radius 3 is 2.64 bits per heavy atom. The molecule has 0 radical (unpaired) electrons. The number of ether oxygens (including phenoxy) is 1. The fourth-order valence-electron chi connectivity index (χ4n) is 2.78. The number of sulfonamides is 1. The van der Waals surface area contributed by atoms with Crippen LogP contribution in [0.1, 0.15) is 19.4 Å². The van der Waals surface area contributed by atoms with Crippen LogP contribution in [-0.4, -0.2) is 27.0 Å². The van der Waals surface area contributed by atoms with Crippen molar-refractivity contribution in [3.63, 3.8) is 0 Å². The summed E-state index contributed by atoms with van der Waals surface area (Å²) in [6.07, 6.45) is -0.518. The van der Waals surface area contributed by atoms with Gasteiger partial charge in [-0.2, -0.15) is 0 Å². The van der Waals surface area contributed by atoms with Crippen molar-refractivity contribution >= 4 is 21.6 Å². The maximum Gasteiger partial charge on any atom is 0.265 e. The van der Waals surface area contributed by atoms with Crippen LogP contribution in [0, 0.1) is 6.92 Å². The highest BCUT2D eigenvalue weighted by atomic mass is 32.2. The van der Waals surface area contributed by atoms with Gasteiger partial charge < -0.3 is 10.1 Å². The fourth-order valence-corrected chi connectivity index (χ4v) is 3.90. The normalized spacial score (nSPS) is 16.8. The van der Waals surface area contributed by atoms with E-state index in [1.54, 1.807) is 32.0 Å². The van der Waals surface area contributed by atoms with Crippen LogP contribution in [0.5, 0.6) is 5.75 Å². The Labute approximate surface area is 147 Å². The van der Waals surface area contributed by atoms with Gasteiger partial charge in [0, 0.05) is 6.54 Å². The first-order chi connectivity index (χ1) is 11.8. The molecule has 0 aliphatic carbocycles. The minimum Gasteiger partial charge on any atom is -0.479 e. The molecule has 0 saturated carbocycles. The zero-order valence-electron chi connectivity index (χ0n) is 14.3. The zero-order valence-corrected chi connectivity index (χ0v) is 15.1. The van der Waals surface area contributed by atoms with Crippen LogP contribution in [0.15, 0.2) is 41.3 Å². The van der Waals surface area contributed by atoms with Crippen LogP contribution >= 0.6 is 0 Å². The van der Waals surface area contributed by atoms with E-state index in [0.717, 1.165) is 16.7 Å². The highest BCUT2D eigenvalue weighted by molar-refractivity contribution is 7.89. The SMILES string of the molecule is CCNS(=O)(=O)c1ccc(-c2ccc3c(c2)NC(=O)C(C)O3)c(C)c1. The van der Waals surface area contributed by atoms with E-state index in [9.17, 15) is 13.2 Å². The highest BCUT2D eigenvalue weighted by Gasteiger charge is 2.24. The summed E-state index contributed by atoms with van der Waals surface area (Å²) < 4.78 is 32.3. The molecule has 1 aliphatic heterocycles. The van der Waals surface area contributed by atoms with Crippen molar-refractivity contribution < 1.29 is 17.9 Å². The lowest BCUT2D eigenvalue weighted by Gasteiger charge is -2.24. The maximum absolute atomic E-state index is 12.1. The summed E-state index contributed by atoms with van der Waals surface area (Å²) in [5.74, 6) is 0.438. The van der Waals surface area contributed by atoms with Crippen molar-refractivity contribution in [1.82, 2.24) is 4.72 Å². The molecule has 1 atom stereocenters. The van der Waals surface area contributed by atoms with E-state index >= 15 is 0 Å². The molecule has 0 saturated heterocycles. The average molecular weight is 360 g/mol. The first kappa shape index (κ1) is 17.4. The lowest BCUT2D eigenvalue weighted by molar-refractivity contribution is -0.122. The Bertz CT molecular complexity index is 938. The van der Waals surface area contributed by atoms with Gasteiger partial charge in [-0.25, -0.2) is 13.1 Å². The molecule has 1 unspecified atom stereocenters. The molecule has 1 aliphatic rings. The average Bonchev–Trinajstić information content (AvgIpc) is 2.55. The number of aryl methyl sites for hydroxylation is 1. The molecule has 3 rings (SSSR count). The topological polar surface area (TPSA) is 84.5 Å². The second-order valence-electron chi connectivity index (χ2n) is 5.94. The Kier molecular flexibility index (Phi) is 4.53. The summed E-state index contributed by atoms with van der Waals surface area (Å²) in [5.41, 5.74) is 3.22. The van der Waals surface area contributed by atoms with Crippen molar-refractivity contribution in [2.24, 2.45) is 0 Å². The predicted octanol–water partition coefficient (Wildman–Crippen LogP) is 2.68. The molecule has 6 nitrogen and oxygen atoms in total. The lowest BCUT2D eigenvalue weighted by Crippen LogP contribution is -2.34. The molecule has 1 amide bonds. The smallest absolute Gasteiger partial charge is 0.265 e. The monoisotopic (exact) mass is 360 g/mol. The summed E-state index contributed by atoms with van der Waals surface area (Å²) in [6.45, 7) is 5.63. The molecular formula is C18H20N2O4S. The number of hydrogen-bond acceptors (Lipinski definition) is 4. The van der Waals surface area contributed by atoms with Gasteiger partial charge in [0.05, 0.1) is 10.6 Å². The van der Waals surface area contributed by atoms with Crippen molar-refractivity contribution in [2.75, 3.05) is 11.9 Å². The molecule has 2 N–H and O–H groups in total. The van der Waals surface area contributed by atoms with Crippen molar-refractivity contribution in [2.45, 2.75) is 31.8 Å². The number of hydrogen-bond donors (Lipinski definition) is 2. The summed E-state index contributed by atoms with van der Waals surface area (Å²) in [6, 6.07) is 10.5. The minimum atomic E-state index is -3.49. The molecule has 2 aromatic rings. The van der Waals surface area contributed by atoms with E-state index < -0.39 is 16.1 Å². The first-order valence-corrected chi connectivity index (χ1v) is 9.52. The number of rotatable bonds is 4. The first-order valence-electron chi connectivity index (χ1n) is 8.04. The number of nitrogens with one attached hydrogen (secondary N) is 2. The van der Waals surface area contributed by atoms with Gasteiger partial charge >= 0.3 is 0 Å². The van der Waals surface area contributed by atoms with Crippen LogP contribution < -0.4 is 14.8 Å². The van der Waals surface area contributed by atoms with Gasteiger partial charge in [-0.3, -0.25) is 4.79 Å². The largest absolute Gasteiger partial charge is 0.479 e. The van der Waals surface area contributed by atoms with Gasteiger partial charge in [0.15, 0.2) is 6.10 Å². The lowest BCUT2D eigenvalue weighted by atomic mass is 9.99. The molecule has 7 heteroatoms. The van der Waals surface area contributed by atoms with Crippen molar-refractivity contribution in [1.29, 1.82) is 0 Å². The maximum atomic E-state index is 12.1.